The molecule has 0 aliphatic rings. The highest BCUT2D eigenvalue weighted by Crippen LogP contribution is 2.16. The van der Waals surface area contributed by atoms with Crippen molar-refractivity contribution in [1.29, 1.82) is 0 Å². The van der Waals surface area contributed by atoms with Crippen molar-refractivity contribution in [3.63, 3.8) is 0 Å². The Balaban J connectivity index is 2.18. The molecule has 0 spiro atoms. The fourth-order valence-corrected chi connectivity index (χ4v) is 2.12. The molecule has 2 aromatic carbocycles. The normalized spacial score (nSPS) is 11.2. The molecule has 0 N–H and O–H groups in total. The van der Waals surface area contributed by atoms with E-state index >= 15 is 0 Å². The third kappa shape index (κ3) is 5.44. The molecule has 2 aromatic rings. The van der Waals surface area contributed by atoms with Crippen molar-refractivity contribution in [1.82, 2.24) is 0 Å². The molecule has 0 fully saturated rings. The van der Waals surface area contributed by atoms with E-state index in [0.29, 0.717) is 11.6 Å². The van der Waals surface area contributed by atoms with Crippen LogP contribution in [0.5, 0.6) is 0 Å². The molecule has 0 aliphatic heterocycles. The summed E-state index contributed by atoms with van der Waals surface area (Å²) in [6.45, 7) is 1.72. The molecular formula is C18H17ClO2. The van der Waals surface area contributed by atoms with Crippen molar-refractivity contribution in [2.45, 2.75) is 13.3 Å². The zero-order chi connectivity index (χ0) is 15.1. The minimum Gasteiger partial charge on any atom is -0.461 e. The Hall–Kier alpha value is -2.06. The second kappa shape index (κ2) is 7.65. The van der Waals surface area contributed by atoms with Gasteiger partial charge in [-0.25, -0.2) is 0 Å². The Kier molecular flexibility index (Phi) is 5.59. The van der Waals surface area contributed by atoms with E-state index in [9.17, 15) is 4.79 Å². The minimum atomic E-state index is -0.273. The molecule has 0 amide bonds. The van der Waals surface area contributed by atoms with E-state index in [-0.39, 0.29) is 5.97 Å². The van der Waals surface area contributed by atoms with E-state index in [4.69, 9.17) is 16.3 Å². The molecule has 0 atom stereocenters. The van der Waals surface area contributed by atoms with Crippen LogP contribution in [0, 0.1) is 0 Å². The van der Waals surface area contributed by atoms with Crippen LogP contribution >= 0.6 is 11.6 Å². The number of rotatable bonds is 5. The maximum absolute atomic E-state index is 11.0. The Morgan fingerprint density at radius 2 is 1.76 bits per heavy atom. The van der Waals surface area contributed by atoms with Gasteiger partial charge in [-0.2, -0.15) is 0 Å². The fraction of sp³-hybridized carbons (Fsp3) is 0.167. The molecule has 2 rings (SSSR count). The van der Waals surface area contributed by atoms with Crippen LogP contribution in [0.25, 0.3) is 6.08 Å². The number of hydrogen-bond donors (Lipinski definition) is 0. The second-order valence-corrected chi connectivity index (χ2v) is 5.23. The number of benzene rings is 2. The third-order valence-corrected chi connectivity index (χ3v) is 3.23. The van der Waals surface area contributed by atoms with E-state index in [1.807, 2.05) is 48.5 Å². The first-order valence-corrected chi connectivity index (χ1v) is 7.13. The van der Waals surface area contributed by atoms with Gasteiger partial charge in [-0.1, -0.05) is 60.1 Å². The molecule has 0 aliphatic carbocycles. The molecule has 2 nitrogen and oxygen atoms in total. The predicted molar refractivity (Wildman–Crippen MR) is 86.2 cm³/mol. The van der Waals surface area contributed by atoms with Crippen LogP contribution in [0.1, 0.15) is 18.1 Å². The van der Waals surface area contributed by atoms with E-state index in [0.717, 1.165) is 17.6 Å². The number of carbonyl (C=O) groups excluding carboxylic acids is 1. The van der Waals surface area contributed by atoms with Crippen molar-refractivity contribution in [2.75, 3.05) is 6.61 Å². The molecule has 0 aromatic heterocycles. The van der Waals surface area contributed by atoms with Crippen molar-refractivity contribution in [3.8, 4) is 0 Å². The van der Waals surface area contributed by atoms with Gasteiger partial charge in [0.25, 0.3) is 0 Å². The van der Waals surface area contributed by atoms with Crippen LogP contribution < -0.4 is 0 Å². The summed E-state index contributed by atoms with van der Waals surface area (Å²) in [5, 5.41) is 0.705. The average Bonchev–Trinajstić information content (AvgIpc) is 2.48. The van der Waals surface area contributed by atoms with Gasteiger partial charge in [0, 0.05) is 11.9 Å². The Morgan fingerprint density at radius 1 is 1.10 bits per heavy atom. The molecule has 0 radical (unpaired) electrons. The first-order valence-electron chi connectivity index (χ1n) is 6.76. The standard InChI is InChI=1S/C18H17ClO2/c1-14(20)21-13-17(11-15-5-3-2-4-6-15)12-16-7-9-18(19)10-8-16/h2-10,12H,11,13H2,1H3. The van der Waals surface area contributed by atoms with Gasteiger partial charge in [-0.3, -0.25) is 4.79 Å². The van der Waals surface area contributed by atoms with Crippen LogP contribution in [-0.4, -0.2) is 12.6 Å². The molecular weight excluding hydrogens is 284 g/mol. The number of halogens is 1. The lowest BCUT2D eigenvalue weighted by Gasteiger charge is -2.09. The van der Waals surface area contributed by atoms with Crippen LogP contribution in [0.15, 0.2) is 60.2 Å². The summed E-state index contributed by atoms with van der Waals surface area (Å²) >= 11 is 5.89. The minimum absolute atomic E-state index is 0.273. The summed E-state index contributed by atoms with van der Waals surface area (Å²) in [6.07, 6.45) is 2.78. The number of esters is 1. The SMILES string of the molecule is CC(=O)OCC(=Cc1ccc(Cl)cc1)Cc1ccccc1. The maximum Gasteiger partial charge on any atom is 0.302 e. The van der Waals surface area contributed by atoms with Gasteiger partial charge in [0.05, 0.1) is 0 Å². The quantitative estimate of drug-likeness (QED) is 0.758. The number of carbonyl (C=O) groups is 1. The van der Waals surface area contributed by atoms with Gasteiger partial charge in [-0.05, 0) is 35.3 Å². The monoisotopic (exact) mass is 300 g/mol. The molecule has 3 heteroatoms. The summed E-state index contributed by atoms with van der Waals surface area (Å²) < 4.78 is 5.14. The highest BCUT2D eigenvalue weighted by atomic mass is 35.5. The Morgan fingerprint density at radius 3 is 2.38 bits per heavy atom. The smallest absolute Gasteiger partial charge is 0.302 e. The summed E-state index contributed by atoms with van der Waals surface area (Å²) in [5.41, 5.74) is 3.26. The molecule has 21 heavy (non-hydrogen) atoms. The van der Waals surface area contributed by atoms with Gasteiger partial charge >= 0.3 is 5.97 Å². The lowest BCUT2D eigenvalue weighted by Crippen LogP contribution is -2.05. The van der Waals surface area contributed by atoms with Crippen molar-refractivity contribution in [3.05, 3.63) is 76.3 Å². The third-order valence-electron chi connectivity index (χ3n) is 2.98. The van der Waals surface area contributed by atoms with E-state index < -0.39 is 0 Å². The van der Waals surface area contributed by atoms with Crippen LogP contribution in [-0.2, 0) is 16.0 Å². The van der Waals surface area contributed by atoms with Crippen molar-refractivity contribution >= 4 is 23.6 Å². The predicted octanol–water partition coefficient (Wildman–Crippen LogP) is 4.53. The zero-order valence-corrected chi connectivity index (χ0v) is 12.6. The number of hydrogen-bond acceptors (Lipinski definition) is 2. The summed E-state index contributed by atoms with van der Waals surface area (Å²) in [4.78, 5) is 11.0. The molecule has 0 heterocycles. The highest BCUT2D eigenvalue weighted by molar-refractivity contribution is 6.30. The largest absolute Gasteiger partial charge is 0.461 e. The van der Waals surface area contributed by atoms with Gasteiger partial charge in [-0.15, -0.1) is 0 Å². The Bertz CT molecular complexity index is 615. The maximum atomic E-state index is 11.0. The first kappa shape index (κ1) is 15.3. The van der Waals surface area contributed by atoms with Gasteiger partial charge in [0.2, 0.25) is 0 Å². The lowest BCUT2D eigenvalue weighted by molar-refractivity contribution is -0.139. The first-order chi connectivity index (χ1) is 10.1. The molecule has 0 bridgehead atoms. The zero-order valence-electron chi connectivity index (χ0n) is 11.9. The van der Waals surface area contributed by atoms with Gasteiger partial charge in [0.15, 0.2) is 0 Å². The van der Waals surface area contributed by atoms with Gasteiger partial charge < -0.3 is 4.74 Å². The Labute approximate surface area is 130 Å². The van der Waals surface area contributed by atoms with Crippen LogP contribution in [0.3, 0.4) is 0 Å². The fourth-order valence-electron chi connectivity index (χ4n) is 1.99. The van der Waals surface area contributed by atoms with E-state index in [2.05, 4.69) is 12.1 Å². The van der Waals surface area contributed by atoms with Gasteiger partial charge in [0.1, 0.15) is 6.61 Å². The van der Waals surface area contributed by atoms with Crippen LogP contribution in [0.4, 0.5) is 0 Å². The lowest BCUT2D eigenvalue weighted by atomic mass is 10.0. The topological polar surface area (TPSA) is 26.3 Å². The summed E-state index contributed by atoms with van der Waals surface area (Å²) in [7, 11) is 0. The molecule has 0 saturated carbocycles. The van der Waals surface area contributed by atoms with Crippen molar-refractivity contribution in [2.24, 2.45) is 0 Å². The highest BCUT2D eigenvalue weighted by Gasteiger charge is 2.03. The molecule has 0 unspecified atom stereocenters. The molecule has 0 saturated heterocycles. The second-order valence-electron chi connectivity index (χ2n) is 4.80. The molecule has 108 valence electrons. The summed E-state index contributed by atoms with van der Waals surface area (Å²) in [5.74, 6) is -0.273. The van der Waals surface area contributed by atoms with Crippen LogP contribution in [0.2, 0.25) is 5.02 Å². The van der Waals surface area contributed by atoms with E-state index in [1.54, 1.807) is 0 Å². The van der Waals surface area contributed by atoms with Crippen molar-refractivity contribution < 1.29 is 9.53 Å². The average molecular weight is 301 g/mol. The number of ether oxygens (including phenoxy) is 1. The van der Waals surface area contributed by atoms with E-state index in [1.165, 1.54) is 12.5 Å². The summed E-state index contributed by atoms with van der Waals surface area (Å²) in [6, 6.07) is 17.7.